The van der Waals surface area contributed by atoms with E-state index in [-0.39, 0.29) is 11.4 Å². The Morgan fingerprint density at radius 3 is 2.80 bits per heavy atom. The summed E-state index contributed by atoms with van der Waals surface area (Å²) in [4.78, 5) is 10.2. The number of rotatable bonds is 4. The van der Waals surface area contributed by atoms with E-state index in [1.54, 1.807) is 18.2 Å². The van der Waals surface area contributed by atoms with Gasteiger partial charge in [0.05, 0.1) is 20.1 Å². The first-order valence-electron chi connectivity index (χ1n) is 5.63. The molecule has 2 aromatic rings. The number of benzene rings is 2. The van der Waals surface area contributed by atoms with Crippen molar-refractivity contribution in [1.82, 2.24) is 0 Å². The van der Waals surface area contributed by atoms with Crippen molar-refractivity contribution in [3.63, 3.8) is 0 Å². The lowest BCUT2D eigenvalue weighted by molar-refractivity contribution is -0.384. The molecule has 0 unspecified atom stereocenters. The zero-order valence-corrected chi connectivity index (χ0v) is 12.5. The summed E-state index contributed by atoms with van der Waals surface area (Å²) in [5.74, 6) is 0.126. The third-order valence-electron chi connectivity index (χ3n) is 2.70. The summed E-state index contributed by atoms with van der Waals surface area (Å²) in [6.45, 7) is 0.298. The minimum atomic E-state index is -0.488. The number of non-ortho nitro benzene ring substituents is 1. The molecule has 20 heavy (non-hydrogen) atoms. The monoisotopic (exact) mass is 356 g/mol. The van der Waals surface area contributed by atoms with Crippen LogP contribution >= 0.6 is 27.5 Å². The van der Waals surface area contributed by atoms with Crippen LogP contribution in [0, 0.1) is 10.1 Å². The molecule has 0 fully saturated rings. The van der Waals surface area contributed by atoms with Gasteiger partial charge in [-0.15, -0.1) is 0 Å². The van der Waals surface area contributed by atoms with Crippen LogP contribution in [-0.2, 0) is 6.54 Å². The average molecular weight is 358 g/mol. The number of nitro benzene ring substituents is 1. The summed E-state index contributed by atoms with van der Waals surface area (Å²) in [6.07, 6.45) is 0. The fourth-order valence-corrected chi connectivity index (χ4v) is 2.25. The van der Waals surface area contributed by atoms with Crippen molar-refractivity contribution >= 4 is 38.9 Å². The molecule has 5 nitrogen and oxygen atoms in total. The molecule has 0 aliphatic heterocycles. The second-order valence-corrected chi connectivity index (χ2v) is 5.28. The lowest BCUT2D eigenvalue weighted by atomic mass is 10.2. The summed E-state index contributed by atoms with van der Waals surface area (Å²) < 4.78 is 0.585. The number of phenolic OH excluding ortho intramolecular Hbond substituents is 1. The number of nitro groups is 1. The number of hydrogen-bond acceptors (Lipinski definition) is 4. The van der Waals surface area contributed by atoms with Crippen LogP contribution in [-0.4, -0.2) is 10.0 Å². The fraction of sp³-hybridized carbons (Fsp3) is 0.0769. The number of anilines is 1. The summed E-state index contributed by atoms with van der Waals surface area (Å²) in [7, 11) is 0. The summed E-state index contributed by atoms with van der Waals surface area (Å²) in [6, 6.07) is 9.41. The van der Waals surface area contributed by atoms with E-state index in [2.05, 4.69) is 21.2 Å². The van der Waals surface area contributed by atoms with Gasteiger partial charge < -0.3 is 10.4 Å². The van der Waals surface area contributed by atoms with Crippen LogP contribution in [0.2, 0.25) is 5.02 Å². The third kappa shape index (κ3) is 3.20. The van der Waals surface area contributed by atoms with Crippen LogP contribution in [0.4, 0.5) is 11.4 Å². The Balaban J connectivity index is 2.20. The highest BCUT2D eigenvalue weighted by molar-refractivity contribution is 9.10. The summed E-state index contributed by atoms with van der Waals surface area (Å²) >= 11 is 9.21. The van der Waals surface area contributed by atoms with Gasteiger partial charge in [-0.1, -0.05) is 23.7 Å². The molecule has 104 valence electrons. The second kappa shape index (κ2) is 6.11. The molecule has 0 heterocycles. The molecule has 0 spiro atoms. The molecular formula is C13H10BrClN2O3. The smallest absolute Gasteiger partial charge is 0.271 e. The normalized spacial score (nSPS) is 10.3. The molecule has 0 atom stereocenters. The number of nitrogens with zero attached hydrogens (tertiary/aromatic N) is 1. The highest BCUT2D eigenvalue weighted by Gasteiger charge is 2.10. The SMILES string of the molecule is O=[N+]([O-])c1ccc(Cl)c(NCc2cccc(Br)c2O)c1. The Morgan fingerprint density at radius 2 is 2.10 bits per heavy atom. The Morgan fingerprint density at radius 1 is 1.35 bits per heavy atom. The number of halogens is 2. The standard InChI is InChI=1S/C13H10BrClN2O3/c14-10-3-1-2-8(13(10)18)7-16-12-6-9(17(19)20)4-5-11(12)15/h1-6,16,18H,7H2. The van der Waals surface area contributed by atoms with E-state index < -0.39 is 4.92 Å². The van der Waals surface area contributed by atoms with Gasteiger partial charge in [-0.2, -0.15) is 0 Å². The topological polar surface area (TPSA) is 75.4 Å². The van der Waals surface area contributed by atoms with Crippen LogP contribution in [0.1, 0.15) is 5.56 Å². The zero-order chi connectivity index (χ0) is 14.7. The fourth-order valence-electron chi connectivity index (χ4n) is 1.66. The van der Waals surface area contributed by atoms with Crippen LogP contribution < -0.4 is 5.32 Å². The number of aromatic hydroxyl groups is 1. The van der Waals surface area contributed by atoms with Crippen LogP contribution in [0.3, 0.4) is 0 Å². The summed E-state index contributed by atoms with van der Waals surface area (Å²) in [5.41, 5.74) is 1.05. The first-order valence-corrected chi connectivity index (χ1v) is 6.80. The van der Waals surface area contributed by atoms with Gasteiger partial charge in [0, 0.05) is 24.2 Å². The maximum absolute atomic E-state index is 10.7. The molecule has 0 saturated carbocycles. The second-order valence-electron chi connectivity index (χ2n) is 4.02. The molecule has 0 aliphatic carbocycles. The van der Waals surface area contributed by atoms with Crippen molar-refractivity contribution < 1.29 is 10.0 Å². The number of para-hydroxylation sites is 1. The van der Waals surface area contributed by atoms with E-state index in [1.807, 2.05) is 0 Å². The van der Waals surface area contributed by atoms with Crippen molar-refractivity contribution in [3.05, 3.63) is 61.6 Å². The van der Waals surface area contributed by atoms with Gasteiger partial charge in [-0.25, -0.2) is 0 Å². The van der Waals surface area contributed by atoms with E-state index in [0.717, 1.165) is 0 Å². The van der Waals surface area contributed by atoms with Crippen LogP contribution in [0.25, 0.3) is 0 Å². The highest BCUT2D eigenvalue weighted by atomic mass is 79.9. The van der Waals surface area contributed by atoms with E-state index in [9.17, 15) is 15.2 Å². The zero-order valence-electron chi connectivity index (χ0n) is 10.1. The predicted octanol–water partition coefficient (Wildman–Crippen LogP) is 4.33. The number of nitrogens with one attached hydrogen (secondary N) is 1. The van der Waals surface area contributed by atoms with Gasteiger partial charge in [-0.3, -0.25) is 10.1 Å². The van der Waals surface area contributed by atoms with Crippen molar-refractivity contribution in [2.24, 2.45) is 0 Å². The predicted molar refractivity (Wildman–Crippen MR) is 81.2 cm³/mol. The Labute approximate surface area is 128 Å². The molecule has 0 bridgehead atoms. The highest BCUT2D eigenvalue weighted by Crippen LogP contribution is 2.30. The minimum absolute atomic E-state index is 0.0460. The molecule has 0 radical (unpaired) electrons. The van der Waals surface area contributed by atoms with Crippen molar-refractivity contribution in [2.45, 2.75) is 6.54 Å². The van der Waals surface area contributed by atoms with E-state index in [0.29, 0.717) is 27.3 Å². The lowest BCUT2D eigenvalue weighted by Gasteiger charge is -2.10. The van der Waals surface area contributed by atoms with Gasteiger partial charge in [-0.05, 0) is 28.1 Å². The molecule has 7 heteroatoms. The molecule has 0 aliphatic rings. The maximum Gasteiger partial charge on any atom is 0.271 e. The van der Waals surface area contributed by atoms with Crippen LogP contribution in [0.5, 0.6) is 5.75 Å². The lowest BCUT2D eigenvalue weighted by Crippen LogP contribution is -2.01. The Bertz CT molecular complexity index is 664. The third-order valence-corrected chi connectivity index (χ3v) is 3.67. The molecule has 2 aromatic carbocycles. The van der Waals surface area contributed by atoms with Crippen molar-refractivity contribution in [2.75, 3.05) is 5.32 Å². The van der Waals surface area contributed by atoms with Gasteiger partial charge in [0.2, 0.25) is 0 Å². The first-order chi connectivity index (χ1) is 9.49. The van der Waals surface area contributed by atoms with Crippen molar-refractivity contribution in [3.8, 4) is 5.75 Å². The number of hydrogen-bond donors (Lipinski definition) is 2. The maximum atomic E-state index is 10.7. The van der Waals surface area contributed by atoms with E-state index in [1.165, 1.54) is 18.2 Å². The molecule has 2 rings (SSSR count). The quantitative estimate of drug-likeness (QED) is 0.631. The summed E-state index contributed by atoms with van der Waals surface area (Å²) in [5, 5.41) is 23.9. The molecular weight excluding hydrogens is 348 g/mol. The minimum Gasteiger partial charge on any atom is -0.506 e. The first kappa shape index (κ1) is 14.6. The Kier molecular flexibility index (Phi) is 4.46. The van der Waals surface area contributed by atoms with Gasteiger partial charge >= 0.3 is 0 Å². The van der Waals surface area contributed by atoms with E-state index >= 15 is 0 Å². The van der Waals surface area contributed by atoms with Gasteiger partial charge in [0.25, 0.3) is 5.69 Å². The van der Waals surface area contributed by atoms with Crippen LogP contribution in [0.15, 0.2) is 40.9 Å². The molecule has 2 N–H and O–H groups in total. The van der Waals surface area contributed by atoms with E-state index in [4.69, 9.17) is 11.6 Å². The molecule has 0 saturated heterocycles. The largest absolute Gasteiger partial charge is 0.506 e. The molecule has 0 amide bonds. The van der Waals surface area contributed by atoms with Gasteiger partial charge in [0.15, 0.2) is 0 Å². The molecule has 0 aromatic heterocycles. The van der Waals surface area contributed by atoms with Crippen molar-refractivity contribution in [1.29, 1.82) is 0 Å². The average Bonchev–Trinajstić information content (AvgIpc) is 2.41. The Hall–Kier alpha value is -1.79. The van der Waals surface area contributed by atoms with Gasteiger partial charge in [0.1, 0.15) is 5.75 Å². The number of phenols is 1.